The lowest BCUT2D eigenvalue weighted by atomic mass is 9.87. The van der Waals surface area contributed by atoms with E-state index in [0.29, 0.717) is 11.8 Å². The average molecular weight is 1510 g/mol. The predicted molar refractivity (Wildman–Crippen MR) is 475 cm³/mol. The third-order valence-electron chi connectivity index (χ3n) is 33.1. The Morgan fingerprint density at radius 1 is 0.218 bits per heavy atom. The molecular formula is C108H174F2. The van der Waals surface area contributed by atoms with E-state index in [-0.39, 0.29) is 18.8 Å². The van der Waals surface area contributed by atoms with Crippen molar-refractivity contribution in [1.82, 2.24) is 0 Å². The minimum absolute atomic E-state index is 0.00932. The fraction of sp³-hybridized carbons (Fsp3) is 0.815. The third kappa shape index (κ3) is 27.4. The highest BCUT2D eigenvalue weighted by atomic mass is 19.3. The molecule has 620 valence electrons. The minimum atomic E-state index is -2.43. The van der Waals surface area contributed by atoms with Crippen molar-refractivity contribution in [2.24, 2.45) is 172 Å². The summed E-state index contributed by atoms with van der Waals surface area (Å²) in [5.41, 5.74) is 0. The van der Waals surface area contributed by atoms with Crippen LogP contribution in [0.1, 0.15) is 377 Å². The van der Waals surface area contributed by atoms with E-state index < -0.39 is 5.92 Å². The standard InChI is InChI=1S/C17H30.C15H26.C13H22.C11H16F2.C11H18.2C9H14.2C8H12.C7H10/c1-2-3-4-5-6-7-8-9-10-16-13-15-11-12-17(16)14-15;1-2-3-4-5-6-7-8-14-11-13-9-10-15(14)12-13;1-2-3-4-5-6-12-9-11-7-8-13(12)10-11;1-2-11(12,13)7-10-6-8-3-4-9(10)5-8;1-2-3-4-10-7-9-5-6-11(10)8-9;2*1-2-8-5-7-3-4-9(8)6-7;2*1-6-4-7-2-3-8(6)5-7;1-2-7-4-3-6(1)5-7/h11-12,15-17H,2-10,13-14H2,1H3;9-10,13-15H,2-8,11-12H2,1H3;7-8,11-13H,2-6,9-10H2,1H3;3-4,8-10H,2,5-7H2,1H3;5-6,9-11H,2-4,7-8H2,1H3;2*3-4,7-9H,2,5-6H2,1H3;2*2-3,6-8H,4-5H2,1H3;1-2,6-7H,3-5H2. The lowest BCUT2D eigenvalue weighted by Gasteiger charge is -2.23. The van der Waals surface area contributed by atoms with Crippen molar-refractivity contribution in [2.75, 3.05) is 0 Å². The Morgan fingerprint density at radius 2 is 0.445 bits per heavy atom. The SMILES string of the molecule is C1=CC2CCC1C2.CC1CC2C=CC1C2.CC1CC2C=CC1C2.CCC(F)(F)CC1CC2C=CC1C2.CCC1CC2C=CC1C2.CCC1CC2C=CC1C2.CCCCC1CC2C=CC1C2.CCCCCCC1CC2C=CC1C2.CCCCCCCCC1CC2C=CC1C2.CCCCCCCCCCC1CC2C=CC1C2. The molecule has 0 saturated heterocycles. The highest BCUT2D eigenvalue weighted by Crippen LogP contribution is 2.52. The van der Waals surface area contributed by atoms with Crippen molar-refractivity contribution in [1.29, 1.82) is 0 Å². The smallest absolute Gasteiger partial charge is 0.207 e. The van der Waals surface area contributed by atoms with Crippen LogP contribution in [0.15, 0.2) is 122 Å². The number of halogens is 2. The van der Waals surface area contributed by atoms with Crippen molar-refractivity contribution in [3.63, 3.8) is 0 Å². The summed E-state index contributed by atoms with van der Waals surface area (Å²) in [5, 5.41) is 0. The van der Waals surface area contributed by atoms with Crippen LogP contribution in [0.25, 0.3) is 0 Å². The van der Waals surface area contributed by atoms with Crippen LogP contribution in [-0.2, 0) is 0 Å². The van der Waals surface area contributed by atoms with Gasteiger partial charge < -0.3 is 0 Å². The van der Waals surface area contributed by atoms with E-state index in [0.717, 1.165) is 167 Å². The van der Waals surface area contributed by atoms with E-state index in [9.17, 15) is 8.78 Å². The molecule has 10 saturated carbocycles. The summed E-state index contributed by atoms with van der Waals surface area (Å²) in [5.74, 6) is 24.7. The third-order valence-corrected chi connectivity index (χ3v) is 33.1. The molecule has 20 aliphatic carbocycles. The van der Waals surface area contributed by atoms with Gasteiger partial charge in [0, 0.05) is 12.8 Å². The second kappa shape index (κ2) is 46.4. The summed E-state index contributed by atoms with van der Waals surface area (Å²) in [7, 11) is 0. The molecule has 0 radical (unpaired) electrons. The predicted octanol–water partition coefficient (Wildman–Crippen LogP) is 33.5. The highest BCUT2D eigenvalue weighted by molar-refractivity contribution is 5.16. The first kappa shape index (κ1) is 88.1. The summed E-state index contributed by atoms with van der Waals surface area (Å²) in [6.07, 6.45) is 116. The van der Waals surface area contributed by atoms with Crippen molar-refractivity contribution in [3.05, 3.63) is 122 Å². The summed E-state index contributed by atoms with van der Waals surface area (Å²) in [6.45, 7) is 20.1. The Hall–Kier alpha value is -2.74. The van der Waals surface area contributed by atoms with Crippen LogP contribution in [0.2, 0.25) is 0 Å². The Balaban J connectivity index is 0.000000122. The Kier molecular flexibility index (Phi) is 37.2. The van der Waals surface area contributed by atoms with Crippen LogP contribution < -0.4 is 0 Å². The second-order valence-electron chi connectivity index (χ2n) is 41.6. The van der Waals surface area contributed by atoms with Gasteiger partial charge in [-0.1, -0.05) is 325 Å². The van der Waals surface area contributed by atoms with Gasteiger partial charge >= 0.3 is 0 Å². The van der Waals surface area contributed by atoms with Gasteiger partial charge in [-0.25, -0.2) is 8.78 Å². The molecule has 0 heterocycles. The fourth-order valence-electron chi connectivity index (χ4n) is 26.1. The summed E-state index contributed by atoms with van der Waals surface area (Å²) in [6, 6.07) is 0. The molecule has 0 N–H and O–H groups in total. The summed E-state index contributed by atoms with van der Waals surface area (Å²) in [4.78, 5) is 0. The van der Waals surface area contributed by atoms with Crippen LogP contribution in [0.3, 0.4) is 0 Å². The monoisotopic (exact) mass is 1510 g/mol. The van der Waals surface area contributed by atoms with Gasteiger partial charge in [0.05, 0.1) is 0 Å². The van der Waals surface area contributed by atoms with Gasteiger partial charge in [-0.3, -0.25) is 0 Å². The van der Waals surface area contributed by atoms with E-state index in [2.05, 4.69) is 177 Å². The van der Waals surface area contributed by atoms with Gasteiger partial charge in [0.25, 0.3) is 0 Å². The molecule has 0 nitrogen and oxygen atoms in total. The van der Waals surface area contributed by atoms with Gasteiger partial charge in [0.1, 0.15) is 0 Å². The minimum Gasteiger partial charge on any atom is -0.207 e. The molecule has 0 spiro atoms. The molecule has 2 heteroatoms. The van der Waals surface area contributed by atoms with Gasteiger partial charge in [0.15, 0.2) is 0 Å². The number of fused-ring (bicyclic) bond motifs is 20. The van der Waals surface area contributed by atoms with E-state index in [1.807, 2.05) is 0 Å². The van der Waals surface area contributed by atoms with Crippen LogP contribution in [-0.4, -0.2) is 5.92 Å². The van der Waals surface area contributed by atoms with Crippen LogP contribution in [0, 0.1) is 172 Å². The topological polar surface area (TPSA) is 0 Å². The molecule has 29 atom stereocenters. The van der Waals surface area contributed by atoms with Crippen molar-refractivity contribution in [3.8, 4) is 0 Å². The van der Waals surface area contributed by atoms with E-state index in [1.165, 1.54) is 289 Å². The number of hydrogen-bond acceptors (Lipinski definition) is 0. The molecular weight excluding hydrogens is 1340 g/mol. The summed E-state index contributed by atoms with van der Waals surface area (Å²) >= 11 is 0. The largest absolute Gasteiger partial charge is 0.248 e. The van der Waals surface area contributed by atoms with E-state index in [4.69, 9.17) is 0 Å². The molecule has 0 aliphatic heterocycles. The van der Waals surface area contributed by atoms with Crippen LogP contribution in [0.5, 0.6) is 0 Å². The first-order valence-electron chi connectivity index (χ1n) is 49.9. The molecule has 20 aliphatic rings. The van der Waals surface area contributed by atoms with Gasteiger partial charge in [-0.2, -0.15) is 0 Å². The molecule has 0 aromatic heterocycles. The summed E-state index contributed by atoms with van der Waals surface area (Å²) < 4.78 is 26.2. The average Bonchev–Trinajstić information content (AvgIpc) is 1.67. The van der Waals surface area contributed by atoms with Crippen molar-refractivity contribution in [2.45, 2.75) is 383 Å². The number of rotatable bonds is 29. The van der Waals surface area contributed by atoms with Crippen molar-refractivity contribution < 1.29 is 8.78 Å². The Labute approximate surface area is 680 Å². The molecule has 0 amide bonds. The van der Waals surface area contributed by atoms with Crippen LogP contribution in [0.4, 0.5) is 8.78 Å². The zero-order chi connectivity index (χ0) is 77.0. The molecule has 0 aromatic rings. The number of unbranched alkanes of at least 4 members (excludes halogenated alkanes) is 16. The number of allylic oxidation sites excluding steroid dienone is 20. The maximum Gasteiger partial charge on any atom is 0.248 e. The lowest BCUT2D eigenvalue weighted by molar-refractivity contribution is -0.0295. The lowest BCUT2D eigenvalue weighted by Crippen LogP contribution is -2.22. The molecule has 10 fully saturated rings. The fourth-order valence-corrected chi connectivity index (χ4v) is 26.1. The Morgan fingerprint density at radius 3 is 0.627 bits per heavy atom. The van der Waals surface area contributed by atoms with Crippen molar-refractivity contribution >= 4 is 0 Å². The Bertz CT molecular complexity index is 2810. The van der Waals surface area contributed by atoms with E-state index in [1.54, 1.807) is 6.92 Å². The van der Waals surface area contributed by atoms with Gasteiger partial charge in [-0.15, -0.1) is 0 Å². The first-order chi connectivity index (χ1) is 53.7. The molecule has 0 aromatic carbocycles. The van der Waals surface area contributed by atoms with E-state index >= 15 is 0 Å². The first-order valence-corrected chi connectivity index (χ1v) is 49.9. The maximum atomic E-state index is 13.1. The number of hydrogen-bond donors (Lipinski definition) is 0. The molecule has 20 bridgehead atoms. The quantitative estimate of drug-likeness (QED) is 0.0517. The normalized spacial score (nSPS) is 39.8. The molecule has 29 unspecified atom stereocenters. The van der Waals surface area contributed by atoms with Gasteiger partial charge in [-0.05, 0) is 332 Å². The van der Waals surface area contributed by atoms with Crippen LogP contribution >= 0.6 is 0 Å². The zero-order valence-electron chi connectivity index (χ0n) is 73.2. The second-order valence-corrected chi connectivity index (χ2v) is 41.6. The van der Waals surface area contributed by atoms with Gasteiger partial charge in [0.2, 0.25) is 5.92 Å². The molecule has 110 heavy (non-hydrogen) atoms. The zero-order valence-corrected chi connectivity index (χ0v) is 73.2. The maximum absolute atomic E-state index is 13.1. The highest BCUT2D eigenvalue weighted by Gasteiger charge is 2.43. The molecule has 20 rings (SSSR count). The number of alkyl halides is 2.